The fraction of sp³-hybridized carbons (Fsp3) is 0.214. The number of benzene rings is 2. The Morgan fingerprint density at radius 2 is 1.21 bits per heavy atom. The van der Waals surface area contributed by atoms with Gasteiger partial charge in [-0.15, -0.1) is 0 Å². The van der Waals surface area contributed by atoms with Gasteiger partial charge >= 0.3 is 11.9 Å². The zero-order valence-electron chi connectivity index (χ0n) is 19.0. The van der Waals surface area contributed by atoms with Gasteiger partial charge in [-0.25, -0.2) is 9.59 Å². The minimum Gasteiger partial charge on any atom is -0.453 e. The molecule has 0 aliphatic heterocycles. The van der Waals surface area contributed by atoms with E-state index >= 15 is 0 Å². The summed E-state index contributed by atoms with van der Waals surface area (Å²) < 4.78 is 12.2. The van der Waals surface area contributed by atoms with E-state index in [1.807, 2.05) is 50.2 Å². The van der Waals surface area contributed by atoms with Gasteiger partial charge in [-0.1, -0.05) is 55.5 Å². The summed E-state index contributed by atoms with van der Waals surface area (Å²) in [5, 5.41) is 0. The predicted octanol–water partition coefficient (Wildman–Crippen LogP) is 5.35. The van der Waals surface area contributed by atoms with E-state index < -0.39 is 24.1 Å². The highest BCUT2D eigenvalue weighted by Gasteiger charge is 2.47. The van der Waals surface area contributed by atoms with Crippen LogP contribution in [0.15, 0.2) is 85.2 Å². The Labute approximate surface area is 197 Å². The molecule has 2 heterocycles. The molecular weight excluding hydrogens is 428 g/mol. The summed E-state index contributed by atoms with van der Waals surface area (Å²) in [4.78, 5) is 31.9. The third-order valence-electron chi connectivity index (χ3n) is 6.61. The van der Waals surface area contributed by atoms with Gasteiger partial charge in [0.15, 0.2) is 6.10 Å². The summed E-state index contributed by atoms with van der Waals surface area (Å²) in [5.41, 5.74) is 4.96. The second-order valence-electron chi connectivity index (χ2n) is 8.66. The van der Waals surface area contributed by atoms with Gasteiger partial charge in [-0.2, -0.15) is 0 Å². The average Bonchev–Trinajstić information content (AvgIpc) is 3.57. The summed E-state index contributed by atoms with van der Waals surface area (Å²) in [6.45, 7) is 4.05. The molecule has 0 radical (unpaired) electrons. The van der Waals surface area contributed by atoms with E-state index in [1.165, 1.54) is 0 Å². The van der Waals surface area contributed by atoms with Crippen LogP contribution in [0.3, 0.4) is 0 Å². The molecule has 0 fully saturated rings. The van der Waals surface area contributed by atoms with Gasteiger partial charge in [0, 0.05) is 18.3 Å². The van der Waals surface area contributed by atoms with Crippen molar-refractivity contribution in [3.63, 3.8) is 0 Å². The maximum Gasteiger partial charge on any atom is 0.355 e. The highest BCUT2D eigenvalue weighted by molar-refractivity contribution is 5.88. The van der Waals surface area contributed by atoms with Crippen molar-refractivity contribution < 1.29 is 19.1 Å². The summed E-state index contributed by atoms with van der Waals surface area (Å²) in [6, 6.07) is 23.0. The fourth-order valence-electron chi connectivity index (χ4n) is 4.91. The Bertz CT molecular complexity index is 1290. The molecule has 4 aromatic rings. The molecule has 34 heavy (non-hydrogen) atoms. The number of fused-ring (bicyclic) bond motifs is 1. The lowest BCUT2D eigenvalue weighted by molar-refractivity contribution is -0.0537. The molecule has 4 atom stereocenters. The molecule has 2 N–H and O–H groups in total. The maximum absolute atomic E-state index is 13.1. The first-order valence-corrected chi connectivity index (χ1v) is 11.4. The van der Waals surface area contributed by atoms with E-state index in [9.17, 15) is 9.59 Å². The van der Waals surface area contributed by atoms with Crippen molar-refractivity contribution in [1.29, 1.82) is 0 Å². The Hall–Kier alpha value is -4.06. The third kappa shape index (κ3) is 3.92. The van der Waals surface area contributed by atoms with Crippen molar-refractivity contribution >= 4 is 11.9 Å². The lowest BCUT2D eigenvalue weighted by Gasteiger charge is -2.42. The van der Waals surface area contributed by atoms with Crippen LogP contribution >= 0.6 is 0 Å². The number of aryl methyl sites for hydroxylation is 1. The predicted molar refractivity (Wildman–Crippen MR) is 128 cm³/mol. The van der Waals surface area contributed by atoms with Crippen LogP contribution in [0.2, 0.25) is 0 Å². The summed E-state index contributed by atoms with van der Waals surface area (Å²) in [6.07, 6.45) is 1.95. The molecule has 6 heteroatoms. The third-order valence-corrected chi connectivity index (χ3v) is 6.61. The zero-order valence-corrected chi connectivity index (χ0v) is 19.0. The molecule has 5 rings (SSSR count). The van der Waals surface area contributed by atoms with Gasteiger partial charge in [0.25, 0.3) is 0 Å². The quantitative estimate of drug-likeness (QED) is 0.398. The lowest BCUT2D eigenvalue weighted by atomic mass is 9.70. The first-order chi connectivity index (χ1) is 16.5. The van der Waals surface area contributed by atoms with Crippen LogP contribution in [0, 0.1) is 6.92 Å². The van der Waals surface area contributed by atoms with Crippen molar-refractivity contribution in [2.75, 3.05) is 0 Å². The monoisotopic (exact) mass is 454 g/mol. The normalized spacial score (nSPS) is 21.5. The van der Waals surface area contributed by atoms with Crippen molar-refractivity contribution in [3.05, 3.63) is 119 Å². The number of esters is 2. The van der Waals surface area contributed by atoms with Crippen LogP contribution in [0.4, 0.5) is 0 Å². The molecule has 2 aromatic carbocycles. The smallest absolute Gasteiger partial charge is 0.355 e. The molecule has 172 valence electrons. The highest BCUT2D eigenvalue weighted by atomic mass is 16.6. The number of H-pyrrole nitrogens is 2. The number of ether oxygens (including phenoxy) is 2. The Morgan fingerprint density at radius 3 is 1.76 bits per heavy atom. The summed E-state index contributed by atoms with van der Waals surface area (Å²) >= 11 is 0. The minimum absolute atomic E-state index is 0.183. The van der Waals surface area contributed by atoms with E-state index in [-0.39, 0.29) is 11.8 Å². The van der Waals surface area contributed by atoms with Crippen molar-refractivity contribution in [1.82, 2.24) is 9.97 Å². The number of hydrogen-bond acceptors (Lipinski definition) is 4. The number of carbonyl (C=O) groups is 2. The molecule has 1 aliphatic carbocycles. The SMILES string of the molecule is Cc1ccccc1C1c2ccccc2C(C)C(OC(=O)c2ccc[nH]2)C1OC(=O)c1ccc[nH]1. The number of aromatic amines is 2. The van der Waals surface area contributed by atoms with Crippen LogP contribution in [-0.2, 0) is 9.47 Å². The standard InChI is InChI=1S/C28H26N2O4/c1-17-9-3-4-10-19(17)24-21-12-6-5-11-20(21)18(2)25(33-27(31)22-13-7-15-29-22)26(24)34-28(32)23-14-8-16-30-23/h3-16,18,24-26,29-30H,1-2H3. The maximum atomic E-state index is 13.1. The van der Waals surface area contributed by atoms with Gasteiger partial charge in [0.1, 0.15) is 17.5 Å². The van der Waals surface area contributed by atoms with Gasteiger partial charge in [0.05, 0.1) is 5.92 Å². The number of carbonyl (C=O) groups excluding carboxylic acids is 2. The number of rotatable bonds is 5. The van der Waals surface area contributed by atoms with Gasteiger partial charge in [-0.05, 0) is 53.4 Å². The summed E-state index contributed by atoms with van der Waals surface area (Å²) in [7, 11) is 0. The zero-order chi connectivity index (χ0) is 23.7. The van der Waals surface area contributed by atoms with Gasteiger partial charge in [0.2, 0.25) is 0 Å². The number of hydrogen-bond donors (Lipinski definition) is 2. The fourth-order valence-corrected chi connectivity index (χ4v) is 4.91. The average molecular weight is 455 g/mol. The number of nitrogens with one attached hydrogen (secondary N) is 2. The molecule has 0 bridgehead atoms. The van der Waals surface area contributed by atoms with Crippen molar-refractivity contribution in [3.8, 4) is 0 Å². The lowest BCUT2D eigenvalue weighted by Crippen LogP contribution is -2.46. The van der Waals surface area contributed by atoms with Crippen LogP contribution in [-0.4, -0.2) is 34.1 Å². The topological polar surface area (TPSA) is 84.2 Å². The van der Waals surface area contributed by atoms with Crippen LogP contribution in [0.25, 0.3) is 0 Å². The van der Waals surface area contributed by atoms with Crippen LogP contribution in [0.1, 0.15) is 62.0 Å². The molecule has 4 unspecified atom stereocenters. The largest absolute Gasteiger partial charge is 0.453 e. The molecule has 0 saturated heterocycles. The van der Waals surface area contributed by atoms with Crippen molar-refractivity contribution in [2.24, 2.45) is 0 Å². The second-order valence-corrected chi connectivity index (χ2v) is 8.66. The second kappa shape index (κ2) is 9.06. The Morgan fingerprint density at radius 1 is 0.676 bits per heavy atom. The molecule has 2 aromatic heterocycles. The van der Waals surface area contributed by atoms with E-state index in [0.717, 1.165) is 22.3 Å². The highest BCUT2D eigenvalue weighted by Crippen LogP contribution is 2.46. The van der Waals surface area contributed by atoms with Gasteiger partial charge < -0.3 is 19.4 Å². The molecule has 0 amide bonds. The van der Waals surface area contributed by atoms with Crippen molar-refractivity contribution in [2.45, 2.75) is 37.9 Å². The van der Waals surface area contributed by atoms with Gasteiger partial charge in [-0.3, -0.25) is 0 Å². The molecule has 1 aliphatic rings. The molecule has 0 saturated carbocycles. The molecular formula is C28H26N2O4. The van der Waals surface area contributed by atoms with E-state index in [4.69, 9.17) is 9.47 Å². The van der Waals surface area contributed by atoms with E-state index in [1.54, 1.807) is 36.7 Å². The minimum atomic E-state index is -0.722. The Kier molecular flexibility index (Phi) is 5.80. The van der Waals surface area contributed by atoms with Crippen LogP contribution < -0.4 is 0 Å². The van der Waals surface area contributed by atoms with E-state index in [0.29, 0.717) is 11.4 Å². The first kappa shape index (κ1) is 21.8. The molecule has 6 nitrogen and oxygen atoms in total. The van der Waals surface area contributed by atoms with Crippen LogP contribution in [0.5, 0.6) is 0 Å². The molecule has 0 spiro atoms. The first-order valence-electron chi connectivity index (χ1n) is 11.4. The number of aromatic nitrogens is 2. The van der Waals surface area contributed by atoms with E-state index in [2.05, 4.69) is 22.1 Å². The Balaban J connectivity index is 1.63. The summed E-state index contributed by atoms with van der Waals surface area (Å²) in [5.74, 6) is -1.45.